The predicted molar refractivity (Wildman–Crippen MR) is 75.5 cm³/mol. The van der Waals surface area contributed by atoms with Crippen LogP contribution >= 0.6 is 0 Å². The third-order valence-corrected chi connectivity index (χ3v) is 5.26. The second-order valence-corrected chi connectivity index (χ2v) is 6.79. The van der Waals surface area contributed by atoms with Gasteiger partial charge in [0.15, 0.2) is 0 Å². The zero-order valence-corrected chi connectivity index (χ0v) is 12.2. The van der Waals surface area contributed by atoms with Gasteiger partial charge in [-0.1, -0.05) is 0 Å². The molecule has 6 heteroatoms. The molecule has 0 radical (unpaired) electrons. The molecule has 0 aromatic heterocycles. The van der Waals surface area contributed by atoms with Gasteiger partial charge >= 0.3 is 0 Å². The van der Waals surface area contributed by atoms with Crippen molar-refractivity contribution in [2.75, 3.05) is 19.8 Å². The van der Waals surface area contributed by atoms with Crippen molar-refractivity contribution in [1.29, 1.82) is 0 Å². The number of amides is 2. The van der Waals surface area contributed by atoms with E-state index in [4.69, 9.17) is 4.74 Å². The minimum absolute atomic E-state index is 0.0401. The van der Waals surface area contributed by atoms with Crippen LogP contribution in [-0.4, -0.2) is 60.6 Å². The third kappa shape index (κ3) is 2.55. The van der Waals surface area contributed by atoms with Crippen LogP contribution in [0.15, 0.2) is 0 Å². The van der Waals surface area contributed by atoms with E-state index in [1.165, 1.54) is 6.42 Å². The lowest BCUT2D eigenvalue weighted by atomic mass is 9.87. The van der Waals surface area contributed by atoms with Crippen LogP contribution in [0.4, 0.5) is 0 Å². The molecule has 0 spiro atoms. The monoisotopic (exact) mass is 293 g/mol. The average molecular weight is 293 g/mol. The summed E-state index contributed by atoms with van der Waals surface area (Å²) in [5.41, 5.74) is 0. The first-order valence-electron chi connectivity index (χ1n) is 8.17. The van der Waals surface area contributed by atoms with Gasteiger partial charge in [0.1, 0.15) is 6.04 Å². The molecule has 2 bridgehead atoms. The molecule has 3 aliphatic heterocycles. The Morgan fingerprint density at radius 2 is 2.05 bits per heavy atom. The summed E-state index contributed by atoms with van der Waals surface area (Å²) in [6.07, 6.45) is 5.32. The van der Waals surface area contributed by atoms with Gasteiger partial charge in [-0.2, -0.15) is 0 Å². The van der Waals surface area contributed by atoms with E-state index < -0.39 is 6.04 Å². The van der Waals surface area contributed by atoms with Crippen LogP contribution in [0.5, 0.6) is 0 Å². The van der Waals surface area contributed by atoms with Crippen molar-refractivity contribution in [3.8, 4) is 0 Å². The maximum Gasteiger partial charge on any atom is 0.245 e. The Bertz CT molecular complexity index is 451. The van der Waals surface area contributed by atoms with Gasteiger partial charge in [-0.15, -0.1) is 0 Å². The van der Waals surface area contributed by atoms with Crippen molar-refractivity contribution in [3.63, 3.8) is 0 Å². The van der Waals surface area contributed by atoms with Gasteiger partial charge in [-0.05, 0) is 32.1 Å². The largest absolute Gasteiger partial charge is 0.377 e. The van der Waals surface area contributed by atoms with Crippen molar-refractivity contribution in [3.05, 3.63) is 0 Å². The molecule has 0 aromatic carbocycles. The maximum absolute atomic E-state index is 12.9. The normalized spacial score (nSPS) is 38.6. The summed E-state index contributed by atoms with van der Waals surface area (Å²) in [6, 6.07) is 0.702. The van der Waals surface area contributed by atoms with E-state index in [1.54, 1.807) is 4.90 Å². The van der Waals surface area contributed by atoms with Crippen LogP contribution in [0, 0.1) is 5.92 Å². The molecule has 4 atom stereocenters. The molecular formula is C15H23N3O3. The summed E-state index contributed by atoms with van der Waals surface area (Å²) in [5, 5.41) is 6.51. The quantitative estimate of drug-likeness (QED) is 0.745. The first-order valence-corrected chi connectivity index (χ1v) is 8.17. The molecule has 3 saturated heterocycles. The Balaban J connectivity index is 1.45. The highest BCUT2D eigenvalue weighted by atomic mass is 16.5. The lowest BCUT2D eigenvalue weighted by Crippen LogP contribution is -2.58. The van der Waals surface area contributed by atoms with Gasteiger partial charge in [0.2, 0.25) is 11.8 Å². The number of ether oxygens (including phenoxy) is 1. The molecule has 4 fully saturated rings. The maximum atomic E-state index is 12.9. The molecule has 1 aliphatic carbocycles. The number of morpholine rings is 1. The highest BCUT2D eigenvalue weighted by Crippen LogP contribution is 2.35. The fraction of sp³-hybridized carbons (Fsp3) is 0.867. The molecule has 116 valence electrons. The Kier molecular flexibility index (Phi) is 3.38. The van der Waals surface area contributed by atoms with Crippen LogP contribution in [0.1, 0.15) is 32.1 Å². The Hall–Kier alpha value is -1.14. The smallest absolute Gasteiger partial charge is 0.245 e. The summed E-state index contributed by atoms with van der Waals surface area (Å²) >= 11 is 0. The summed E-state index contributed by atoms with van der Waals surface area (Å²) in [7, 11) is 0. The number of carbonyl (C=O) groups is 2. The fourth-order valence-corrected chi connectivity index (χ4v) is 3.92. The van der Waals surface area contributed by atoms with E-state index >= 15 is 0 Å². The average Bonchev–Trinajstić information content (AvgIpc) is 3.07. The SMILES string of the molecule is O=C(NC1CC1)C1COCCN1C(=O)C1CC2CCC1N2. The van der Waals surface area contributed by atoms with E-state index in [0.717, 1.165) is 25.7 Å². The summed E-state index contributed by atoms with van der Waals surface area (Å²) in [5.74, 6) is 0.161. The summed E-state index contributed by atoms with van der Waals surface area (Å²) in [6.45, 7) is 1.40. The Morgan fingerprint density at radius 3 is 2.71 bits per heavy atom. The zero-order valence-electron chi connectivity index (χ0n) is 12.2. The van der Waals surface area contributed by atoms with Crippen molar-refractivity contribution < 1.29 is 14.3 Å². The molecule has 2 amide bonds. The second-order valence-electron chi connectivity index (χ2n) is 6.79. The highest BCUT2D eigenvalue weighted by Gasteiger charge is 2.46. The molecule has 2 N–H and O–H groups in total. The summed E-state index contributed by atoms with van der Waals surface area (Å²) < 4.78 is 5.44. The van der Waals surface area contributed by atoms with Gasteiger partial charge < -0.3 is 20.3 Å². The van der Waals surface area contributed by atoms with Crippen molar-refractivity contribution in [2.24, 2.45) is 5.92 Å². The zero-order chi connectivity index (χ0) is 14.4. The number of rotatable bonds is 3. The van der Waals surface area contributed by atoms with Crippen LogP contribution in [-0.2, 0) is 14.3 Å². The van der Waals surface area contributed by atoms with Crippen LogP contribution in [0.3, 0.4) is 0 Å². The molecule has 1 saturated carbocycles. The van der Waals surface area contributed by atoms with E-state index in [-0.39, 0.29) is 17.7 Å². The molecular weight excluding hydrogens is 270 g/mol. The lowest BCUT2D eigenvalue weighted by Gasteiger charge is -2.37. The highest BCUT2D eigenvalue weighted by molar-refractivity contribution is 5.89. The fourth-order valence-electron chi connectivity index (χ4n) is 3.92. The van der Waals surface area contributed by atoms with Crippen molar-refractivity contribution >= 4 is 11.8 Å². The van der Waals surface area contributed by atoms with Gasteiger partial charge in [0, 0.05) is 24.7 Å². The van der Waals surface area contributed by atoms with Gasteiger partial charge in [-0.3, -0.25) is 9.59 Å². The van der Waals surface area contributed by atoms with E-state index in [1.807, 2.05) is 0 Å². The lowest BCUT2D eigenvalue weighted by molar-refractivity contribution is -0.152. The summed E-state index contributed by atoms with van der Waals surface area (Å²) in [4.78, 5) is 27.0. The minimum atomic E-state index is -0.439. The molecule has 4 unspecified atom stereocenters. The van der Waals surface area contributed by atoms with Gasteiger partial charge in [0.25, 0.3) is 0 Å². The molecule has 4 aliphatic rings. The Morgan fingerprint density at radius 1 is 1.19 bits per heavy atom. The topological polar surface area (TPSA) is 70.7 Å². The number of carbonyl (C=O) groups excluding carboxylic acids is 2. The molecule has 0 aromatic rings. The standard InChI is InChI=1S/C15H23N3O3/c19-14(17-9-1-2-9)13-8-21-6-5-18(13)15(20)11-7-10-3-4-12(11)16-10/h9-13,16H,1-8H2,(H,17,19). The molecule has 6 nitrogen and oxygen atoms in total. The first kappa shape index (κ1) is 13.5. The van der Waals surface area contributed by atoms with Crippen molar-refractivity contribution in [2.45, 2.75) is 56.3 Å². The van der Waals surface area contributed by atoms with Crippen molar-refractivity contribution in [1.82, 2.24) is 15.5 Å². The molecule has 3 heterocycles. The van der Waals surface area contributed by atoms with E-state index in [9.17, 15) is 9.59 Å². The second kappa shape index (κ2) is 5.25. The number of nitrogens with zero attached hydrogens (tertiary/aromatic N) is 1. The van der Waals surface area contributed by atoms with Gasteiger partial charge in [0.05, 0.1) is 19.1 Å². The van der Waals surface area contributed by atoms with E-state index in [2.05, 4.69) is 10.6 Å². The number of hydrogen-bond acceptors (Lipinski definition) is 4. The minimum Gasteiger partial charge on any atom is -0.377 e. The van der Waals surface area contributed by atoms with Gasteiger partial charge in [-0.25, -0.2) is 0 Å². The number of nitrogens with one attached hydrogen (secondary N) is 2. The molecule has 4 rings (SSSR count). The number of fused-ring (bicyclic) bond motifs is 2. The van der Waals surface area contributed by atoms with Crippen LogP contribution < -0.4 is 10.6 Å². The predicted octanol–water partition coefficient (Wildman–Crippen LogP) is -0.367. The van der Waals surface area contributed by atoms with Crippen LogP contribution in [0.2, 0.25) is 0 Å². The number of hydrogen-bond donors (Lipinski definition) is 2. The Labute approximate surface area is 124 Å². The molecule has 21 heavy (non-hydrogen) atoms. The first-order chi connectivity index (χ1) is 10.2. The van der Waals surface area contributed by atoms with E-state index in [0.29, 0.717) is 37.9 Å². The van der Waals surface area contributed by atoms with Crippen LogP contribution in [0.25, 0.3) is 0 Å². The third-order valence-electron chi connectivity index (χ3n) is 5.26.